The maximum atomic E-state index is 12.5. The minimum atomic E-state index is -4.97. The summed E-state index contributed by atoms with van der Waals surface area (Å²) in [7, 11) is 1.65. The van der Waals surface area contributed by atoms with Crippen molar-refractivity contribution in [3.63, 3.8) is 0 Å². The van der Waals surface area contributed by atoms with Crippen LogP contribution in [0.25, 0.3) is 0 Å². The SMILES string of the molecule is CC1CN(C(=O)[C@@H](O)C(F)(F)F)CCC1N(C)C(=O)c1ccccc1. The van der Waals surface area contributed by atoms with Gasteiger partial charge in [-0.2, -0.15) is 13.2 Å². The molecule has 1 aliphatic heterocycles. The highest BCUT2D eigenvalue weighted by molar-refractivity contribution is 5.94. The minimum absolute atomic E-state index is 0.0586. The number of likely N-dealkylation sites (tertiary alicyclic amines) is 1. The zero-order valence-corrected chi connectivity index (χ0v) is 14.0. The standard InChI is InChI=1S/C17H21F3N2O3/c1-11-10-22(16(25)14(23)17(18,19)20)9-8-13(11)21(2)15(24)12-6-4-3-5-7-12/h3-7,11,13-14,23H,8-10H2,1-2H3/t11?,13?,14-/m1/s1. The van der Waals surface area contributed by atoms with Crippen molar-refractivity contribution in [3.8, 4) is 0 Å². The van der Waals surface area contributed by atoms with Crippen LogP contribution < -0.4 is 0 Å². The van der Waals surface area contributed by atoms with E-state index in [-0.39, 0.29) is 31.0 Å². The predicted octanol–water partition coefficient (Wildman–Crippen LogP) is 1.92. The second-order valence-corrected chi connectivity index (χ2v) is 6.34. The van der Waals surface area contributed by atoms with Gasteiger partial charge in [-0.05, 0) is 24.5 Å². The molecule has 1 heterocycles. The van der Waals surface area contributed by atoms with Crippen LogP contribution in [-0.4, -0.2) is 65.2 Å². The average molecular weight is 358 g/mol. The van der Waals surface area contributed by atoms with Gasteiger partial charge in [-0.25, -0.2) is 0 Å². The van der Waals surface area contributed by atoms with Crippen LogP contribution in [0.3, 0.4) is 0 Å². The summed E-state index contributed by atoms with van der Waals surface area (Å²) in [5, 5.41) is 9.12. The van der Waals surface area contributed by atoms with E-state index in [0.717, 1.165) is 4.90 Å². The number of rotatable bonds is 3. The first-order chi connectivity index (χ1) is 11.6. The van der Waals surface area contributed by atoms with E-state index in [9.17, 15) is 22.8 Å². The van der Waals surface area contributed by atoms with Crippen molar-refractivity contribution in [2.75, 3.05) is 20.1 Å². The minimum Gasteiger partial charge on any atom is -0.376 e. The fourth-order valence-corrected chi connectivity index (χ4v) is 3.16. The van der Waals surface area contributed by atoms with Crippen LogP contribution in [0, 0.1) is 5.92 Å². The Kier molecular flexibility index (Phi) is 5.72. The lowest BCUT2D eigenvalue weighted by atomic mass is 9.91. The molecular weight excluding hydrogens is 337 g/mol. The summed E-state index contributed by atoms with van der Waals surface area (Å²) in [5.74, 6) is -1.72. The summed E-state index contributed by atoms with van der Waals surface area (Å²) in [6, 6.07) is 8.51. The molecule has 1 N–H and O–H groups in total. The molecule has 2 unspecified atom stereocenters. The first kappa shape index (κ1) is 19.2. The Morgan fingerprint density at radius 3 is 2.40 bits per heavy atom. The number of nitrogens with zero attached hydrogens (tertiary/aromatic N) is 2. The third-order valence-corrected chi connectivity index (χ3v) is 4.55. The number of alkyl halides is 3. The van der Waals surface area contributed by atoms with Crippen LogP contribution >= 0.6 is 0 Å². The van der Waals surface area contributed by atoms with E-state index in [4.69, 9.17) is 5.11 Å². The van der Waals surface area contributed by atoms with Crippen LogP contribution in [0.15, 0.2) is 30.3 Å². The Balaban J connectivity index is 2.02. The lowest BCUT2D eigenvalue weighted by Gasteiger charge is -2.41. The van der Waals surface area contributed by atoms with Crippen LogP contribution in [0.5, 0.6) is 0 Å². The quantitative estimate of drug-likeness (QED) is 0.898. The molecule has 1 saturated heterocycles. The summed E-state index contributed by atoms with van der Waals surface area (Å²) in [6.45, 7) is 1.90. The first-order valence-corrected chi connectivity index (χ1v) is 7.98. The molecule has 3 atom stereocenters. The molecule has 8 heteroatoms. The summed E-state index contributed by atoms with van der Waals surface area (Å²) < 4.78 is 37.5. The van der Waals surface area contributed by atoms with E-state index >= 15 is 0 Å². The van der Waals surface area contributed by atoms with Crippen molar-refractivity contribution in [2.24, 2.45) is 5.92 Å². The molecule has 0 aliphatic carbocycles. The average Bonchev–Trinajstić information content (AvgIpc) is 2.59. The molecule has 0 saturated carbocycles. The number of carbonyl (C=O) groups excluding carboxylic acids is 2. The van der Waals surface area contributed by atoms with Gasteiger partial charge in [0.2, 0.25) is 6.10 Å². The molecule has 5 nitrogen and oxygen atoms in total. The van der Waals surface area contributed by atoms with Crippen molar-refractivity contribution in [1.29, 1.82) is 0 Å². The third kappa shape index (κ3) is 4.31. The number of aliphatic hydroxyl groups is 1. The maximum Gasteiger partial charge on any atom is 0.423 e. The van der Waals surface area contributed by atoms with Gasteiger partial charge in [0.05, 0.1) is 0 Å². The number of amides is 2. The van der Waals surface area contributed by atoms with Crippen LogP contribution in [0.2, 0.25) is 0 Å². The van der Waals surface area contributed by atoms with Crippen LogP contribution in [-0.2, 0) is 4.79 Å². The van der Waals surface area contributed by atoms with Crippen molar-refractivity contribution < 1.29 is 27.9 Å². The number of carbonyl (C=O) groups is 2. The molecule has 2 rings (SSSR count). The maximum absolute atomic E-state index is 12.5. The summed E-state index contributed by atoms with van der Waals surface area (Å²) in [6.07, 6.45) is -7.62. The van der Waals surface area contributed by atoms with Gasteiger partial charge in [0.15, 0.2) is 0 Å². The molecule has 0 radical (unpaired) electrons. The second-order valence-electron chi connectivity index (χ2n) is 6.34. The number of halogens is 3. The Bertz CT molecular complexity index is 621. The van der Waals surface area contributed by atoms with Crippen molar-refractivity contribution in [2.45, 2.75) is 31.7 Å². The summed E-state index contributed by atoms with van der Waals surface area (Å²) in [4.78, 5) is 26.9. The topological polar surface area (TPSA) is 60.9 Å². The van der Waals surface area contributed by atoms with Gasteiger partial charge in [0.25, 0.3) is 11.8 Å². The highest BCUT2D eigenvalue weighted by atomic mass is 19.4. The van der Waals surface area contributed by atoms with Crippen molar-refractivity contribution in [3.05, 3.63) is 35.9 Å². The van der Waals surface area contributed by atoms with E-state index in [0.29, 0.717) is 12.0 Å². The molecule has 1 aromatic carbocycles. The lowest BCUT2D eigenvalue weighted by molar-refractivity contribution is -0.211. The van der Waals surface area contributed by atoms with E-state index in [1.807, 2.05) is 0 Å². The Labute approximate surface area is 144 Å². The van der Waals surface area contributed by atoms with Crippen molar-refractivity contribution >= 4 is 11.8 Å². The first-order valence-electron chi connectivity index (χ1n) is 7.98. The lowest BCUT2D eigenvalue weighted by Crippen LogP contribution is -2.55. The molecule has 0 bridgehead atoms. The number of hydrogen-bond acceptors (Lipinski definition) is 3. The number of aliphatic hydroxyl groups excluding tert-OH is 1. The molecule has 0 aromatic heterocycles. The molecule has 138 valence electrons. The zero-order chi connectivity index (χ0) is 18.8. The van der Waals surface area contributed by atoms with E-state index in [1.54, 1.807) is 49.2 Å². The van der Waals surface area contributed by atoms with Gasteiger partial charge in [-0.1, -0.05) is 25.1 Å². The van der Waals surface area contributed by atoms with E-state index < -0.39 is 18.2 Å². The monoisotopic (exact) mass is 358 g/mol. The van der Waals surface area contributed by atoms with Gasteiger partial charge in [-0.3, -0.25) is 9.59 Å². The molecule has 1 aromatic rings. The normalized spacial score (nSPS) is 22.4. The van der Waals surface area contributed by atoms with Gasteiger partial charge in [-0.15, -0.1) is 0 Å². The smallest absolute Gasteiger partial charge is 0.376 e. The summed E-state index contributed by atoms with van der Waals surface area (Å²) in [5.41, 5.74) is 0.531. The zero-order valence-electron chi connectivity index (χ0n) is 14.0. The van der Waals surface area contributed by atoms with Gasteiger partial charge < -0.3 is 14.9 Å². The van der Waals surface area contributed by atoms with Gasteiger partial charge in [0.1, 0.15) is 0 Å². The number of hydrogen-bond donors (Lipinski definition) is 1. The molecular formula is C17H21F3N2O3. The van der Waals surface area contributed by atoms with Gasteiger partial charge in [0, 0.05) is 31.7 Å². The number of benzene rings is 1. The van der Waals surface area contributed by atoms with E-state index in [2.05, 4.69) is 0 Å². The van der Waals surface area contributed by atoms with Crippen molar-refractivity contribution in [1.82, 2.24) is 9.80 Å². The van der Waals surface area contributed by atoms with Crippen LogP contribution in [0.4, 0.5) is 13.2 Å². The molecule has 1 fully saturated rings. The summed E-state index contributed by atoms with van der Waals surface area (Å²) >= 11 is 0. The predicted molar refractivity (Wildman–Crippen MR) is 84.7 cm³/mol. The Hall–Kier alpha value is -2.09. The van der Waals surface area contributed by atoms with Gasteiger partial charge >= 0.3 is 6.18 Å². The highest BCUT2D eigenvalue weighted by Gasteiger charge is 2.46. The fraction of sp³-hybridized carbons (Fsp3) is 0.529. The molecule has 2 amide bonds. The Morgan fingerprint density at radius 2 is 1.88 bits per heavy atom. The third-order valence-electron chi connectivity index (χ3n) is 4.55. The second kappa shape index (κ2) is 7.43. The molecule has 0 spiro atoms. The highest BCUT2D eigenvalue weighted by Crippen LogP contribution is 2.26. The molecule has 25 heavy (non-hydrogen) atoms. The van der Waals surface area contributed by atoms with Crippen LogP contribution in [0.1, 0.15) is 23.7 Å². The molecule has 1 aliphatic rings. The Morgan fingerprint density at radius 1 is 1.28 bits per heavy atom. The largest absolute Gasteiger partial charge is 0.423 e. The van der Waals surface area contributed by atoms with E-state index in [1.165, 1.54) is 0 Å². The fourth-order valence-electron chi connectivity index (χ4n) is 3.16. The number of piperidine rings is 1.